The summed E-state index contributed by atoms with van der Waals surface area (Å²) in [5, 5.41) is 0. The fourth-order valence-corrected chi connectivity index (χ4v) is 2.17. The summed E-state index contributed by atoms with van der Waals surface area (Å²) in [6.07, 6.45) is 0. The lowest BCUT2D eigenvalue weighted by molar-refractivity contribution is 0.0190. The van der Waals surface area contributed by atoms with Crippen molar-refractivity contribution in [2.75, 3.05) is 26.3 Å². The minimum atomic E-state index is 0.367. The molecule has 0 saturated carbocycles. The molecule has 1 aliphatic rings. The smallest absolute Gasteiger partial charge is 0.106 e. The van der Waals surface area contributed by atoms with E-state index in [1.165, 1.54) is 0 Å². The molecule has 0 aliphatic carbocycles. The number of nitrogens with zero attached hydrogens (tertiary/aromatic N) is 2. The lowest BCUT2D eigenvalue weighted by Crippen LogP contribution is -2.38. The molecule has 2 rings (SSSR count). The van der Waals surface area contributed by atoms with E-state index >= 15 is 0 Å². The van der Waals surface area contributed by atoms with Gasteiger partial charge in [-0.25, -0.2) is 4.98 Å². The van der Waals surface area contributed by atoms with E-state index < -0.39 is 0 Å². The van der Waals surface area contributed by atoms with E-state index in [1.54, 1.807) is 0 Å². The molecule has 0 spiro atoms. The van der Waals surface area contributed by atoms with Crippen LogP contribution in [0.5, 0.6) is 0 Å². The number of aromatic nitrogens is 1. The highest BCUT2D eigenvalue weighted by molar-refractivity contribution is 9.10. The molecule has 1 aromatic heterocycles. The van der Waals surface area contributed by atoms with Crippen molar-refractivity contribution in [1.29, 1.82) is 0 Å². The maximum absolute atomic E-state index is 5.34. The second-order valence-electron chi connectivity index (χ2n) is 3.71. The largest absolute Gasteiger partial charge is 0.379 e. The molecule has 0 aromatic carbocycles. The maximum atomic E-state index is 5.34. The molecule has 0 amide bonds. The zero-order chi connectivity index (χ0) is 10.7. The summed E-state index contributed by atoms with van der Waals surface area (Å²) in [7, 11) is 0. The molecule has 0 N–H and O–H groups in total. The fourth-order valence-electron chi connectivity index (χ4n) is 1.81. The van der Waals surface area contributed by atoms with Gasteiger partial charge in [0, 0.05) is 19.1 Å². The lowest BCUT2D eigenvalue weighted by atomic mass is 10.2. The topological polar surface area (TPSA) is 25.4 Å². The standard InChI is InChI=1S/C11H15BrN2O/c1-9(14-5-7-15-8-6-14)10-3-2-4-11(12)13-10/h2-4,9H,5-8H2,1H3. The predicted octanol–water partition coefficient (Wildman–Crippen LogP) is 2.24. The Kier molecular flexibility index (Phi) is 3.72. The summed E-state index contributed by atoms with van der Waals surface area (Å²) in [6.45, 7) is 5.85. The van der Waals surface area contributed by atoms with Crippen LogP contribution in [-0.2, 0) is 4.74 Å². The van der Waals surface area contributed by atoms with Crippen LogP contribution in [0.3, 0.4) is 0 Å². The number of pyridine rings is 1. The summed E-state index contributed by atoms with van der Waals surface area (Å²) in [5.74, 6) is 0. The fraction of sp³-hybridized carbons (Fsp3) is 0.545. The van der Waals surface area contributed by atoms with Gasteiger partial charge in [0.2, 0.25) is 0 Å². The lowest BCUT2D eigenvalue weighted by Gasteiger charge is -2.31. The first-order valence-electron chi connectivity index (χ1n) is 5.21. The quantitative estimate of drug-likeness (QED) is 0.771. The van der Waals surface area contributed by atoms with Gasteiger partial charge in [0.05, 0.1) is 18.9 Å². The molecular weight excluding hydrogens is 256 g/mol. The molecule has 2 heterocycles. The van der Waals surface area contributed by atoms with Crippen molar-refractivity contribution < 1.29 is 4.74 Å². The molecule has 3 nitrogen and oxygen atoms in total. The SMILES string of the molecule is CC(c1cccc(Br)n1)N1CCOCC1. The predicted molar refractivity (Wildman–Crippen MR) is 62.7 cm³/mol. The minimum Gasteiger partial charge on any atom is -0.379 e. The summed E-state index contributed by atoms with van der Waals surface area (Å²) >= 11 is 3.40. The van der Waals surface area contributed by atoms with Crippen molar-refractivity contribution in [3.8, 4) is 0 Å². The molecule has 0 radical (unpaired) electrons. The van der Waals surface area contributed by atoms with Crippen molar-refractivity contribution in [3.05, 3.63) is 28.5 Å². The normalized spacial score (nSPS) is 20.1. The first-order chi connectivity index (χ1) is 7.27. The summed E-state index contributed by atoms with van der Waals surface area (Å²) < 4.78 is 6.24. The highest BCUT2D eigenvalue weighted by Crippen LogP contribution is 2.20. The number of morpholine rings is 1. The van der Waals surface area contributed by atoms with Gasteiger partial charge in [0.25, 0.3) is 0 Å². The third kappa shape index (κ3) is 2.77. The zero-order valence-electron chi connectivity index (χ0n) is 8.82. The number of ether oxygens (including phenoxy) is 1. The van der Waals surface area contributed by atoms with Crippen LogP contribution < -0.4 is 0 Å². The zero-order valence-corrected chi connectivity index (χ0v) is 10.4. The van der Waals surface area contributed by atoms with Crippen molar-refractivity contribution in [1.82, 2.24) is 9.88 Å². The summed E-state index contributed by atoms with van der Waals surface area (Å²) in [6, 6.07) is 6.43. The van der Waals surface area contributed by atoms with E-state index in [0.717, 1.165) is 36.6 Å². The van der Waals surface area contributed by atoms with Crippen LogP contribution in [0.2, 0.25) is 0 Å². The van der Waals surface area contributed by atoms with Crippen molar-refractivity contribution >= 4 is 15.9 Å². The van der Waals surface area contributed by atoms with E-state index in [4.69, 9.17) is 4.74 Å². The van der Waals surface area contributed by atoms with E-state index in [1.807, 2.05) is 12.1 Å². The Balaban J connectivity index is 2.08. The van der Waals surface area contributed by atoms with Gasteiger partial charge in [-0.05, 0) is 35.0 Å². The molecule has 1 aliphatic heterocycles. The first kappa shape index (κ1) is 11.0. The average molecular weight is 271 g/mol. The molecule has 82 valence electrons. The van der Waals surface area contributed by atoms with E-state index in [-0.39, 0.29) is 0 Å². The Morgan fingerprint density at radius 3 is 2.80 bits per heavy atom. The number of rotatable bonds is 2. The Bertz CT molecular complexity index is 326. The van der Waals surface area contributed by atoms with Crippen LogP contribution in [0.4, 0.5) is 0 Å². The second-order valence-corrected chi connectivity index (χ2v) is 4.52. The monoisotopic (exact) mass is 270 g/mol. The minimum absolute atomic E-state index is 0.367. The van der Waals surface area contributed by atoms with Crippen molar-refractivity contribution in [2.24, 2.45) is 0 Å². The van der Waals surface area contributed by atoms with Crippen molar-refractivity contribution in [2.45, 2.75) is 13.0 Å². The Labute approximate surface area is 98.6 Å². The summed E-state index contributed by atoms with van der Waals surface area (Å²) in [5.41, 5.74) is 1.12. The van der Waals surface area contributed by atoms with Gasteiger partial charge in [-0.3, -0.25) is 4.90 Å². The van der Waals surface area contributed by atoms with Crippen molar-refractivity contribution in [3.63, 3.8) is 0 Å². The number of hydrogen-bond donors (Lipinski definition) is 0. The maximum Gasteiger partial charge on any atom is 0.106 e. The van der Waals surface area contributed by atoms with Gasteiger partial charge >= 0.3 is 0 Å². The molecule has 1 atom stereocenters. The molecule has 4 heteroatoms. The molecule has 1 fully saturated rings. The highest BCUT2D eigenvalue weighted by Gasteiger charge is 2.19. The second kappa shape index (κ2) is 5.05. The van der Waals surface area contributed by atoms with Crippen LogP contribution in [0.25, 0.3) is 0 Å². The highest BCUT2D eigenvalue weighted by atomic mass is 79.9. The van der Waals surface area contributed by atoms with Crippen LogP contribution in [0.15, 0.2) is 22.8 Å². The average Bonchev–Trinajstić information content (AvgIpc) is 2.29. The van der Waals surface area contributed by atoms with Gasteiger partial charge in [-0.1, -0.05) is 6.07 Å². The van der Waals surface area contributed by atoms with Gasteiger partial charge in [-0.15, -0.1) is 0 Å². The van der Waals surface area contributed by atoms with Crippen LogP contribution in [0, 0.1) is 0 Å². The van der Waals surface area contributed by atoms with Crippen LogP contribution in [0.1, 0.15) is 18.7 Å². The summed E-state index contributed by atoms with van der Waals surface area (Å²) in [4.78, 5) is 6.88. The van der Waals surface area contributed by atoms with Gasteiger partial charge < -0.3 is 4.74 Å². The van der Waals surface area contributed by atoms with Gasteiger partial charge in [-0.2, -0.15) is 0 Å². The number of hydrogen-bond acceptors (Lipinski definition) is 3. The van der Waals surface area contributed by atoms with Crippen LogP contribution >= 0.6 is 15.9 Å². The first-order valence-corrected chi connectivity index (χ1v) is 6.01. The third-order valence-electron chi connectivity index (χ3n) is 2.76. The van der Waals surface area contributed by atoms with E-state index in [9.17, 15) is 0 Å². The van der Waals surface area contributed by atoms with Gasteiger partial charge in [0.1, 0.15) is 4.60 Å². The molecule has 15 heavy (non-hydrogen) atoms. The van der Waals surface area contributed by atoms with Gasteiger partial charge in [0.15, 0.2) is 0 Å². The Morgan fingerprint density at radius 1 is 1.40 bits per heavy atom. The molecule has 1 unspecified atom stereocenters. The van der Waals surface area contributed by atoms with Crippen LogP contribution in [-0.4, -0.2) is 36.2 Å². The third-order valence-corrected chi connectivity index (χ3v) is 3.20. The molecular formula is C11H15BrN2O. The Morgan fingerprint density at radius 2 is 2.13 bits per heavy atom. The molecule has 1 aromatic rings. The van der Waals surface area contributed by atoms with E-state index in [2.05, 4.69) is 38.8 Å². The molecule has 0 bridgehead atoms. The number of halogens is 1. The molecule has 1 saturated heterocycles. The van der Waals surface area contributed by atoms with E-state index in [0.29, 0.717) is 6.04 Å². The Hall–Kier alpha value is -0.450.